The Kier molecular flexibility index (Phi) is 3.25. The van der Waals surface area contributed by atoms with E-state index >= 15 is 0 Å². The fraction of sp³-hybridized carbons (Fsp3) is 0.118. The maximum absolute atomic E-state index is 12.7. The number of phenols is 1. The van der Waals surface area contributed by atoms with Crippen molar-refractivity contribution >= 4 is 11.6 Å². The van der Waals surface area contributed by atoms with Crippen LogP contribution in [0.5, 0.6) is 5.75 Å². The molecule has 1 aliphatic rings. The number of benzene rings is 2. The number of carbonyl (C=O) groups is 1. The first-order valence-corrected chi connectivity index (χ1v) is 6.72. The second-order valence-electron chi connectivity index (χ2n) is 4.98. The van der Waals surface area contributed by atoms with Gasteiger partial charge in [-0.3, -0.25) is 4.79 Å². The smallest absolute Gasteiger partial charge is 0.258 e. The van der Waals surface area contributed by atoms with Gasteiger partial charge in [-0.25, -0.2) is 0 Å². The Labute approximate surface area is 127 Å². The Hall–Kier alpha value is -3.31. The van der Waals surface area contributed by atoms with Crippen LogP contribution in [0.15, 0.2) is 36.4 Å². The third-order valence-corrected chi connectivity index (χ3v) is 3.73. The number of nitrogens with zero attached hydrogens (tertiary/aromatic N) is 3. The van der Waals surface area contributed by atoms with Crippen molar-refractivity contribution in [3.63, 3.8) is 0 Å². The van der Waals surface area contributed by atoms with Crippen LogP contribution in [-0.4, -0.2) is 17.6 Å². The van der Waals surface area contributed by atoms with Crippen LogP contribution in [0.25, 0.3) is 0 Å². The lowest BCUT2D eigenvalue weighted by Gasteiger charge is -2.17. The van der Waals surface area contributed by atoms with E-state index in [1.807, 2.05) is 24.3 Å². The molecule has 0 atom stereocenters. The minimum atomic E-state index is -0.386. The average molecular weight is 289 g/mol. The third-order valence-electron chi connectivity index (χ3n) is 3.73. The second-order valence-corrected chi connectivity index (χ2v) is 4.98. The van der Waals surface area contributed by atoms with Gasteiger partial charge in [0.25, 0.3) is 5.91 Å². The van der Waals surface area contributed by atoms with Gasteiger partial charge in [-0.05, 0) is 30.2 Å². The third kappa shape index (κ3) is 2.06. The van der Waals surface area contributed by atoms with Crippen LogP contribution in [0, 0.1) is 22.7 Å². The van der Waals surface area contributed by atoms with Crippen molar-refractivity contribution in [1.82, 2.24) is 0 Å². The van der Waals surface area contributed by atoms with Crippen molar-refractivity contribution in [2.75, 3.05) is 11.4 Å². The number of anilines is 1. The molecule has 1 amide bonds. The number of nitriles is 2. The molecular formula is C17H11N3O2. The zero-order valence-electron chi connectivity index (χ0n) is 11.6. The summed E-state index contributed by atoms with van der Waals surface area (Å²) in [5.41, 5.74) is 2.01. The first-order valence-electron chi connectivity index (χ1n) is 6.72. The van der Waals surface area contributed by atoms with Gasteiger partial charge in [0.1, 0.15) is 12.1 Å². The molecular weight excluding hydrogens is 278 g/mol. The molecule has 2 aromatic carbocycles. The lowest BCUT2D eigenvalue weighted by atomic mass is 10.0. The molecule has 0 fully saturated rings. The highest BCUT2D eigenvalue weighted by atomic mass is 16.3. The SMILES string of the molecule is N#Cc1cc(C(=O)N2CCc3ccccc32)cc(C#N)c1O. The number of rotatable bonds is 1. The number of para-hydroxylation sites is 1. The number of hydrogen-bond donors (Lipinski definition) is 1. The number of carbonyl (C=O) groups excluding carboxylic acids is 1. The predicted octanol–water partition coefficient (Wildman–Crippen LogP) is 2.34. The van der Waals surface area contributed by atoms with Crippen LogP contribution in [0.2, 0.25) is 0 Å². The van der Waals surface area contributed by atoms with Crippen molar-refractivity contribution < 1.29 is 9.90 Å². The van der Waals surface area contributed by atoms with Gasteiger partial charge in [0, 0.05) is 17.8 Å². The van der Waals surface area contributed by atoms with Crippen molar-refractivity contribution in [1.29, 1.82) is 10.5 Å². The van der Waals surface area contributed by atoms with Crippen LogP contribution < -0.4 is 4.90 Å². The van der Waals surface area contributed by atoms with E-state index in [9.17, 15) is 9.90 Å². The molecule has 0 spiro atoms. The molecule has 5 heteroatoms. The molecule has 106 valence electrons. The van der Waals surface area contributed by atoms with Crippen molar-refractivity contribution in [2.24, 2.45) is 0 Å². The summed E-state index contributed by atoms with van der Waals surface area (Å²) in [6.45, 7) is 0.558. The summed E-state index contributed by atoms with van der Waals surface area (Å²) in [7, 11) is 0. The van der Waals surface area contributed by atoms with Gasteiger partial charge in [-0.2, -0.15) is 10.5 Å². The molecule has 0 radical (unpaired) electrons. The highest BCUT2D eigenvalue weighted by Gasteiger charge is 2.26. The summed E-state index contributed by atoms with van der Waals surface area (Å²) in [6, 6.07) is 13.9. The van der Waals surface area contributed by atoms with E-state index < -0.39 is 0 Å². The van der Waals surface area contributed by atoms with E-state index in [0.717, 1.165) is 17.7 Å². The standard InChI is InChI=1S/C17H11N3O2/c18-9-13-7-12(8-14(10-19)16(13)21)17(22)20-6-5-11-3-1-2-4-15(11)20/h1-4,7-8,21H,5-6H2. The zero-order valence-corrected chi connectivity index (χ0v) is 11.6. The van der Waals surface area contributed by atoms with E-state index in [1.54, 1.807) is 17.0 Å². The molecule has 1 aliphatic heterocycles. The molecule has 22 heavy (non-hydrogen) atoms. The fourth-order valence-electron chi connectivity index (χ4n) is 2.63. The van der Waals surface area contributed by atoms with Gasteiger partial charge >= 0.3 is 0 Å². The topological polar surface area (TPSA) is 88.1 Å². The minimum absolute atomic E-state index is 0.0742. The number of aromatic hydroxyl groups is 1. The van der Waals surface area contributed by atoms with Gasteiger partial charge in [-0.15, -0.1) is 0 Å². The molecule has 5 nitrogen and oxygen atoms in total. The van der Waals surface area contributed by atoms with Gasteiger partial charge in [0.15, 0.2) is 5.75 Å². The fourth-order valence-corrected chi connectivity index (χ4v) is 2.63. The van der Waals surface area contributed by atoms with E-state index in [2.05, 4.69) is 0 Å². The first-order chi connectivity index (χ1) is 10.7. The van der Waals surface area contributed by atoms with Gasteiger partial charge in [-0.1, -0.05) is 18.2 Å². The largest absolute Gasteiger partial charge is 0.505 e. The molecule has 0 saturated heterocycles. The second kappa shape index (κ2) is 5.23. The molecule has 0 saturated carbocycles. The highest BCUT2D eigenvalue weighted by Crippen LogP contribution is 2.30. The maximum Gasteiger partial charge on any atom is 0.258 e. The van der Waals surface area contributed by atoms with Crippen LogP contribution in [0.1, 0.15) is 27.0 Å². The predicted molar refractivity (Wildman–Crippen MR) is 79.4 cm³/mol. The van der Waals surface area contributed by atoms with E-state index in [-0.39, 0.29) is 28.3 Å². The van der Waals surface area contributed by atoms with Gasteiger partial charge < -0.3 is 10.0 Å². The van der Waals surface area contributed by atoms with Crippen molar-refractivity contribution in [3.8, 4) is 17.9 Å². The van der Waals surface area contributed by atoms with Crippen LogP contribution in [0.3, 0.4) is 0 Å². The first kappa shape index (κ1) is 13.7. The monoisotopic (exact) mass is 289 g/mol. The Morgan fingerprint density at radius 3 is 2.41 bits per heavy atom. The number of hydrogen-bond acceptors (Lipinski definition) is 4. The summed E-state index contributed by atoms with van der Waals surface area (Å²) in [4.78, 5) is 14.3. The lowest BCUT2D eigenvalue weighted by Crippen LogP contribution is -2.29. The molecule has 1 N–H and O–H groups in total. The molecule has 2 aromatic rings. The van der Waals surface area contributed by atoms with E-state index in [4.69, 9.17) is 10.5 Å². The molecule has 0 unspecified atom stereocenters. The quantitative estimate of drug-likeness (QED) is 0.872. The van der Waals surface area contributed by atoms with Gasteiger partial charge in [0.2, 0.25) is 0 Å². The van der Waals surface area contributed by atoms with Crippen LogP contribution in [-0.2, 0) is 6.42 Å². The van der Waals surface area contributed by atoms with Gasteiger partial charge in [0.05, 0.1) is 11.1 Å². The molecule has 0 bridgehead atoms. The Morgan fingerprint density at radius 1 is 1.14 bits per heavy atom. The highest BCUT2D eigenvalue weighted by molar-refractivity contribution is 6.07. The summed E-state index contributed by atoms with van der Waals surface area (Å²) in [6.07, 6.45) is 0.774. The zero-order chi connectivity index (χ0) is 15.7. The molecule has 0 aromatic heterocycles. The lowest BCUT2D eigenvalue weighted by molar-refractivity contribution is 0.0989. The summed E-state index contributed by atoms with van der Waals surface area (Å²) in [5, 5.41) is 27.8. The summed E-state index contributed by atoms with van der Waals surface area (Å²) < 4.78 is 0. The normalized spacial score (nSPS) is 12.4. The van der Waals surface area contributed by atoms with Crippen LogP contribution >= 0.6 is 0 Å². The molecule has 1 heterocycles. The van der Waals surface area contributed by atoms with Crippen LogP contribution in [0.4, 0.5) is 5.69 Å². The Bertz CT molecular complexity index is 824. The van der Waals surface area contributed by atoms with Crippen molar-refractivity contribution in [2.45, 2.75) is 6.42 Å². The van der Waals surface area contributed by atoms with Crippen molar-refractivity contribution in [3.05, 3.63) is 58.7 Å². The minimum Gasteiger partial charge on any atom is -0.505 e. The number of phenolic OH excluding ortho intramolecular Hbond substituents is 1. The Balaban J connectivity index is 2.05. The van der Waals surface area contributed by atoms with E-state index in [1.165, 1.54) is 12.1 Å². The molecule has 0 aliphatic carbocycles. The average Bonchev–Trinajstić information content (AvgIpc) is 2.98. The maximum atomic E-state index is 12.7. The Morgan fingerprint density at radius 2 is 1.77 bits per heavy atom. The summed E-state index contributed by atoms with van der Waals surface area (Å²) in [5.74, 6) is -0.665. The summed E-state index contributed by atoms with van der Waals surface area (Å²) >= 11 is 0. The number of fused-ring (bicyclic) bond motifs is 1. The molecule has 3 rings (SSSR count). The number of amides is 1. The van der Waals surface area contributed by atoms with E-state index in [0.29, 0.717) is 6.54 Å².